The molecule has 0 aliphatic carbocycles. The van der Waals surface area contributed by atoms with Crippen LogP contribution < -0.4 is 4.90 Å². The lowest BCUT2D eigenvalue weighted by Gasteiger charge is -2.28. The quantitative estimate of drug-likeness (QED) is 0.321. The van der Waals surface area contributed by atoms with Crippen LogP contribution in [0.2, 0.25) is 0 Å². The second-order valence-electron chi connectivity index (χ2n) is 6.29. The zero-order chi connectivity index (χ0) is 20.6. The first-order valence-corrected chi connectivity index (χ1v) is 8.38. The van der Waals surface area contributed by atoms with Gasteiger partial charge in [0.05, 0.1) is 23.6 Å². The van der Waals surface area contributed by atoms with Gasteiger partial charge in [-0.05, 0) is 13.0 Å². The van der Waals surface area contributed by atoms with E-state index >= 15 is 0 Å². The molecule has 0 radical (unpaired) electrons. The molecule has 3 rings (SSSR count). The summed E-state index contributed by atoms with van der Waals surface area (Å²) < 4.78 is 4.88. The number of carbonyl (C=O) groups is 4. The van der Waals surface area contributed by atoms with Crippen molar-refractivity contribution in [2.24, 2.45) is 5.10 Å². The number of hydrazone groups is 1. The summed E-state index contributed by atoms with van der Waals surface area (Å²) in [7, 11) is 0. The summed E-state index contributed by atoms with van der Waals surface area (Å²) in [5.41, 5.74) is -2.11. The van der Waals surface area contributed by atoms with Gasteiger partial charge in [-0.2, -0.15) is 5.10 Å². The number of anilines is 1. The van der Waals surface area contributed by atoms with E-state index in [1.807, 2.05) is 0 Å². The van der Waals surface area contributed by atoms with E-state index in [1.54, 1.807) is 6.92 Å². The predicted molar refractivity (Wildman–Crippen MR) is 94.1 cm³/mol. The summed E-state index contributed by atoms with van der Waals surface area (Å²) in [6.07, 6.45) is -0.679. The third kappa shape index (κ3) is 2.90. The van der Waals surface area contributed by atoms with Gasteiger partial charge in [0.15, 0.2) is 5.54 Å². The molecule has 0 N–H and O–H groups in total. The molecule has 1 saturated heterocycles. The molecule has 0 unspecified atom stereocenters. The van der Waals surface area contributed by atoms with E-state index in [1.165, 1.54) is 18.2 Å². The largest absolute Gasteiger partial charge is 0.461 e. The minimum atomic E-state index is -1.68. The van der Waals surface area contributed by atoms with Crippen molar-refractivity contribution in [2.75, 3.05) is 11.5 Å². The third-order valence-electron chi connectivity index (χ3n) is 4.49. The molecule has 1 atom stereocenters. The molecule has 2 aliphatic heterocycles. The van der Waals surface area contributed by atoms with Crippen molar-refractivity contribution in [1.29, 1.82) is 0 Å². The summed E-state index contributed by atoms with van der Waals surface area (Å²) in [4.78, 5) is 61.0. The summed E-state index contributed by atoms with van der Waals surface area (Å²) in [6, 6.07) is 5.04. The van der Waals surface area contributed by atoms with Crippen molar-refractivity contribution in [1.82, 2.24) is 5.01 Å². The minimum absolute atomic E-state index is 0.00848. The number of nitro groups is 1. The number of hydrogen-bond acceptors (Lipinski definition) is 8. The predicted octanol–water partition coefficient (Wildman–Crippen LogP) is 0.768. The summed E-state index contributed by atoms with van der Waals surface area (Å²) in [5, 5.41) is 15.7. The highest BCUT2D eigenvalue weighted by Crippen LogP contribution is 2.41. The lowest BCUT2D eigenvalue weighted by atomic mass is 9.91. The molecular formula is C17H16N4O7. The van der Waals surface area contributed by atoms with Gasteiger partial charge in [0, 0.05) is 25.5 Å². The standard InChI is InChI=1S/C17H16N4O7/c1-3-28-15(24)13-8-17(20(18-13)10(2)22)9-14(23)19(16(17)25)11-5-4-6-12(7-11)21(26)27/h4-7H,3,8-9H2,1-2H3/t17-/m1/s1. The molecule has 1 aromatic rings. The second-order valence-corrected chi connectivity index (χ2v) is 6.29. The van der Waals surface area contributed by atoms with E-state index in [-0.39, 0.29) is 30.1 Å². The molecule has 1 spiro atoms. The SMILES string of the molecule is CCOC(=O)C1=NN(C(C)=O)[C@@]2(CC(=O)N(c3cccc([N+](=O)[O-])c3)C2=O)C1. The average Bonchev–Trinajstić information content (AvgIpc) is 3.14. The first-order valence-electron chi connectivity index (χ1n) is 8.38. The van der Waals surface area contributed by atoms with E-state index in [0.29, 0.717) is 0 Å². The van der Waals surface area contributed by atoms with E-state index in [4.69, 9.17) is 4.74 Å². The maximum Gasteiger partial charge on any atom is 0.354 e. The number of nitrogens with zero attached hydrogens (tertiary/aromatic N) is 4. The molecule has 2 heterocycles. The van der Waals surface area contributed by atoms with Gasteiger partial charge in [0.2, 0.25) is 11.8 Å². The molecule has 1 aromatic carbocycles. The number of nitro benzene ring substituents is 1. The number of hydrogen-bond donors (Lipinski definition) is 0. The fourth-order valence-corrected chi connectivity index (χ4v) is 3.34. The van der Waals surface area contributed by atoms with Gasteiger partial charge in [-0.1, -0.05) is 6.07 Å². The zero-order valence-corrected chi connectivity index (χ0v) is 15.1. The number of rotatable bonds is 4. The van der Waals surface area contributed by atoms with Crippen LogP contribution in [-0.2, 0) is 23.9 Å². The first kappa shape index (κ1) is 19.1. The van der Waals surface area contributed by atoms with Crippen molar-refractivity contribution in [2.45, 2.75) is 32.2 Å². The average molecular weight is 388 g/mol. The Balaban J connectivity index is 2.00. The normalized spacial score (nSPS) is 21.3. The maximum absolute atomic E-state index is 13.2. The van der Waals surface area contributed by atoms with Crippen molar-refractivity contribution in [3.05, 3.63) is 34.4 Å². The summed E-state index contributed by atoms with van der Waals surface area (Å²) in [6.45, 7) is 2.84. The van der Waals surface area contributed by atoms with Crippen LogP contribution in [0.15, 0.2) is 29.4 Å². The fourth-order valence-electron chi connectivity index (χ4n) is 3.34. The minimum Gasteiger partial charge on any atom is -0.461 e. The molecule has 3 amide bonds. The van der Waals surface area contributed by atoms with Gasteiger partial charge >= 0.3 is 5.97 Å². The molecule has 11 nitrogen and oxygen atoms in total. The number of esters is 1. The zero-order valence-electron chi connectivity index (χ0n) is 15.1. The first-order chi connectivity index (χ1) is 13.2. The number of imide groups is 1. The Morgan fingerprint density at radius 1 is 1.32 bits per heavy atom. The van der Waals surface area contributed by atoms with Gasteiger partial charge in [-0.25, -0.2) is 14.7 Å². The van der Waals surface area contributed by atoms with E-state index in [9.17, 15) is 29.3 Å². The van der Waals surface area contributed by atoms with Crippen molar-refractivity contribution < 1.29 is 28.8 Å². The highest BCUT2D eigenvalue weighted by atomic mass is 16.6. The van der Waals surface area contributed by atoms with Crippen molar-refractivity contribution in [3.8, 4) is 0 Å². The Morgan fingerprint density at radius 2 is 2.04 bits per heavy atom. The van der Waals surface area contributed by atoms with Gasteiger partial charge in [0.1, 0.15) is 5.71 Å². The van der Waals surface area contributed by atoms with Gasteiger partial charge in [-0.3, -0.25) is 24.5 Å². The van der Waals surface area contributed by atoms with E-state index in [2.05, 4.69) is 5.10 Å². The number of ether oxygens (including phenoxy) is 1. The summed E-state index contributed by atoms with van der Waals surface area (Å²) in [5.74, 6) is -2.84. The third-order valence-corrected chi connectivity index (χ3v) is 4.49. The van der Waals surface area contributed by atoms with Crippen LogP contribution in [0, 0.1) is 10.1 Å². The Bertz CT molecular complexity index is 941. The number of non-ortho nitro benzene ring substituents is 1. The van der Waals surface area contributed by atoms with Gasteiger partial charge in [0.25, 0.3) is 11.6 Å². The van der Waals surface area contributed by atoms with Gasteiger partial charge < -0.3 is 4.74 Å². The van der Waals surface area contributed by atoms with Crippen LogP contribution in [0.4, 0.5) is 11.4 Å². The highest BCUT2D eigenvalue weighted by molar-refractivity contribution is 6.39. The fraction of sp³-hybridized carbons (Fsp3) is 0.353. The second kappa shape index (κ2) is 6.83. The molecule has 2 aliphatic rings. The van der Waals surface area contributed by atoms with Crippen molar-refractivity contribution >= 4 is 40.8 Å². The number of carbonyl (C=O) groups excluding carboxylic acids is 4. The van der Waals surface area contributed by atoms with Crippen LogP contribution in [0.5, 0.6) is 0 Å². The molecule has 11 heteroatoms. The lowest BCUT2D eigenvalue weighted by Crippen LogP contribution is -2.51. The smallest absolute Gasteiger partial charge is 0.354 e. The number of amides is 3. The Labute approximate surface area is 158 Å². The van der Waals surface area contributed by atoms with Crippen LogP contribution in [-0.4, -0.2) is 51.5 Å². The molecule has 146 valence electrons. The highest BCUT2D eigenvalue weighted by Gasteiger charge is 2.61. The molecule has 0 aromatic heterocycles. The molecule has 0 saturated carbocycles. The Morgan fingerprint density at radius 3 is 2.64 bits per heavy atom. The molecular weight excluding hydrogens is 372 g/mol. The van der Waals surface area contributed by atoms with Crippen LogP contribution >= 0.6 is 0 Å². The maximum atomic E-state index is 13.2. The van der Waals surface area contributed by atoms with E-state index in [0.717, 1.165) is 22.9 Å². The van der Waals surface area contributed by atoms with E-state index < -0.39 is 40.6 Å². The van der Waals surface area contributed by atoms with Crippen LogP contribution in [0.3, 0.4) is 0 Å². The van der Waals surface area contributed by atoms with Crippen LogP contribution in [0.25, 0.3) is 0 Å². The van der Waals surface area contributed by atoms with Crippen molar-refractivity contribution in [3.63, 3.8) is 0 Å². The molecule has 0 bridgehead atoms. The molecule has 28 heavy (non-hydrogen) atoms. The topological polar surface area (TPSA) is 139 Å². The summed E-state index contributed by atoms with van der Waals surface area (Å²) >= 11 is 0. The molecule has 1 fully saturated rings. The Kier molecular flexibility index (Phi) is 4.67. The lowest BCUT2D eigenvalue weighted by molar-refractivity contribution is -0.384. The Hall–Kier alpha value is -3.63. The monoisotopic (exact) mass is 388 g/mol. The number of benzene rings is 1. The van der Waals surface area contributed by atoms with Crippen LogP contribution in [0.1, 0.15) is 26.7 Å². The van der Waals surface area contributed by atoms with Gasteiger partial charge in [-0.15, -0.1) is 0 Å².